The Morgan fingerprint density at radius 3 is 2.33 bits per heavy atom. The molecule has 18 heavy (non-hydrogen) atoms. The predicted molar refractivity (Wildman–Crippen MR) is 75.0 cm³/mol. The van der Waals surface area contributed by atoms with Gasteiger partial charge in [0.2, 0.25) is 0 Å². The lowest BCUT2D eigenvalue weighted by atomic mass is 10.0. The quantitative estimate of drug-likeness (QED) is 0.715. The van der Waals surface area contributed by atoms with E-state index in [4.69, 9.17) is 4.74 Å². The molecule has 0 amide bonds. The molecule has 0 aliphatic rings. The van der Waals surface area contributed by atoms with Crippen molar-refractivity contribution in [1.29, 1.82) is 0 Å². The fourth-order valence-electron chi connectivity index (χ4n) is 1.88. The minimum Gasteiger partial charge on any atom is -0.494 e. The van der Waals surface area contributed by atoms with Crippen molar-refractivity contribution in [3.63, 3.8) is 0 Å². The Hall–Kier alpha value is -1.03. The summed E-state index contributed by atoms with van der Waals surface area (Å²) in [6, 6.07) is 6.10. The summed E-state index contributed by atoms with van der Waals surface area (Å²) in [6.45, 7) is 4.71. The molecule has 0 unspecified atom stereocenters. The van der Waals surface area contributed by atoms with Crippen molar-refractivity contribution in [3.05, 3.63) is 29.3 Å². The van der Waals surface area contributed by atoms with E-state index >= 15 is 0 Å². The van der Waals surface area contributed by atoms with E-state index in [2.05, 4.69) is 26.0 Å². The topological polar surface area (TPSA) is 43.4 Å². The number of rotatable bonds is 7. The normalized spacial score (nSPS) is 11.5. The van der Waals surface area contributed by atoms with E-state index in [1.54, 1.807) is 0 Å². The maximum atomic E-state index is 11.0. The fourth-order valence-corrected chi connectivity index (χ4v) is 2.52. The first-order chi connectivity index (χ1) is 8.46. The van der Waals surface area contributed by atoms with Gasteiger partial charge in [0.25, 0.3) is 0 Å². The Kier molecular flexibility index (Phi) is 5.66. The standard InChI is InChI=1S/C14H22O3S/c1-4-12-7-8-14(11-13(12)5-2)17-9-6-10-18(3,15)16/h7-8,11H,4-6,9-10H2,1-3H3. The highest BCUT2D eigenvalue weighted by Gasteiger charge is 2.04. The molecule has 0 aliphatic carbocycles. The molecule has 1 aromatic carbocycles. The minimum atomic E-state index is -2.88. The van der Waals surface area contributed by atoms with E-state index in [9.17, 15) is 8.42 Å². The van der Waals surface area contributed by atoms with Gasteiger partial charge in [-0.2, -0.15) is 0 Å². The zero-order valence-electron chi connectivity index (χ0n) is 11.4. The molecule has 0 saturated heterocycles. The van der Waals surface area contributed by atoms with Gasteiger partial charge in [-0.05, 0) is 42.5 Å². The summed E-state index contributed by atoms with van der Waals surface area (Å²) < 4.78 is 27.5. The minimum absolute atomic E-state index is 0.181. The second-order valence-corrected chi connectivity index (χ2v) is 6.73. The van der Waals surface area contributed by atoms with Crippen molar-refractivity contribution < 1.29 is 13.2 Å². The molecular formula is C14H22O3S. The van der Waals surface area contributed by atoms with E-state index in [1.807, 2.05) is 6.07 Å². The third-order valence-electron chi connectivity index (χ3n) is 2.87. The molecule has 1 aromatic rings. The Bertz CT molecular complexity index is 478. The maximum absolute atomic E-state index is 11.0. The number of benzene rings is 1. The molecule has 1 rings (SSSR count). The second kappa shape index (κ2) is 6.78. The molecule has 0 bridgehead atoms. The van der Waals surface area contributed by atoms with Crippen LogP contribution in [-0.2, 0) is 22.7 Å². The van der Waals surface area contributed by atoms with Gasteiger partial charge >= 0.3 is 0 Å². The highest BCUT2D eigenvalue weighted by atomic mass is 32.2. The van der Waals surface area contributed by atoms with E-state index in [1.165, 1.54) is 17.4 Å². The molecule has 0 fully saturated rings. The summed E-state index contributed by atoms with van der Waals surface area (Å²) in [6.07, 6.45) is 3.80. The van der Waals surface area contributed by atoms with Crippen LogP contribution in [0.4, 0.5) is 0 Å². The smallest absolute Gasteiger partial charge is 0.147 e. The first kappa shape index (κ1) is 15.0. The third kappa shape index (κ3) is 5.08. The summed E-state index contributed by atoms with van der Waals surface area (Å²) >= 11 is 0. The van der Waals surface area contributed by atoms with E-state index in [0.29, 0.717) is 13.0 Å². The fraction of sp³-hybridized carbons (Fsp3) is 0.571. The van der Waals surface area contributed by atoms with Gasteiger partial charge in [0.15, 0.2) is 0 Å². The molecule has 4 heteroatoms. The summed E-state index contributed by atoms with van der Waals surface area (Å²) in [4.78, 5) is 0. The zero-order chi connectivity index (χ0) is 13.6. The Labute approximate surface area is 110 Å². The van der Waals surface area contributed by atoms with Crippen LogP contribution in [0.5, 0.6) is 5.75 Å². The summed E-state index contributed by atoms with van der Waals surface area (Å²) in [5.41, 5.74) is 2.65. The number of aryl methyl sites for hydroxylation is 2. The molecule has 102 valence electrons. The number of sulfone groups is 1. The van der Waals surface area contributed by atoms with Crippen LogP contribution in [0.3, 0.4) is 0 Å². The van der Waals surface area contributed by atoms with Gasteiger partial charge in [-0.3, -0.25) is 0 Å². The number of hydrogen-bond donors (Lipinski definition) is 0. The van der Waals surface area contributed by atoms with Crippen molar-refractivity contribution in [2.24, 2.45) is 0 Å². The van der Waals surface area contributed by atoms with Crippen molar-refractivity contribution in [2.75, 3.05) is 18.6 Å². The van der Waals surface area contributed by atoms with Crippen LogP contribution in [0.25, 0.3) is 0 Å². The molecule has 0 radical (unpaired) electrons. The summed E-state index contributed by atoms with van der Waals surface area (Å²) in [7, 11) is -2.88. The average Bonchev–Trinajstić information content (AvgIpc) is 2.33. The van der Waals surface area contributed by atoms with Gasteiger partial charge in [-0.1, -0.05) is 19.9 Å². The largest absolute Gasteiger partial charge is 0.494 e. The van der Waals surface area contributed by atoms with Crippen LogP contribution in [0, 0.1) is 0 Å². The molecule has 0 spiro atoms. The van der Waals surface area contributed by atoms with Crippen molar-refractivity contribution in [3.8, 4) is 5.75 Å². The monoisotopic (exact) mass is 270 g/mol. The van der Waals surface area contributed by atoms with Crippen LogP contribution in [0.2, 0.25) is 0 Å². The molecule has 0 saturated carbocycles. The highest BCUT2D eigenvalue weighted by Crippen LogP contribution is 2.19. The lowest BCUT2D eigenvalue weighted by Crippen LogP contribution is -2.08. The molecular weight excluding hydrogens is 248 g/mol. The Balaban J connectivity index is 2.53. The first-order valence-corrected chi connectivity index (χ1v) is 8.44. The number of ether oxygens (including phenoxy) is 1. The van der Waals surface area contributed by atoms with Crippen LogP contribution in [0.15, 0.2) is 18.2 Å². The zero-order valence-corrected chi connectivity index (χ0v) is 12.2. The van der Waals surface area contributed by atoms with Gasteiger partial charge in [-0.25, -0.2) is 8.42 Å². The molecule has 0 aliphatic heterocycles. The van der Waals surface area contributed by atoms with Gasteiger partial charge in [0.1, 0.15) is 15.6 Å². The van der Waals surface area contributed by atoms with Gasteiger partial charge in [-0.15, -0.1) is 0 Å². The average molecular weight is 270 g/mol. The van der Waals surface area contributed by atoms with E-state index < -0.39 is 9.84 Å². The maximum Gasteiger partial charge on any atom is 0.147 e. The van der Waals surface area contributed by atoms with Gasteiger partial charge in [0.05, 0.1) is 12.4 Å². The predicted octanol–water partition coefficient (Wildman–Crippen LogP) is 2.62. The van der Waals surface area contributed by atoms with Gasteiger partial charge < -0.3 is 4.74 Å². The lowest BCUT2D eigenvalue weighted by Gasteiger charge is -2.10. The van der Waals surface area contributed by atoms with Crippen molar-refractivity contribution in [1.82, 2.24) is 0 Å². The highest BCUT2D eigenvalue weighted by molar-refractivity contribution is 7.90. The third-order valence-corrected chi connectivity index (χ3v) is 3.90. The summed E-state index contributed by atoms with van der Waals surface area (Å²) in [5, 5.41) is 0. The first-order valence-electron chi connectivity index (χ1n) is 6.38. The van der Waals surface area contributed by atoms with Crippen LogP contribution in [-0.4, -0.2) is 27.0 Å². The van der Waals surface area contributed by atoms with Crippen LogP contribution < -0.4 is 4.74 Å². The second-order valence-electron chi connectivity index (χ2n) is 4.47. The van der Waals surface area contributed by atoms with Crippen molar-refractivity contribution in [2.45, 2.75) is 33.1 Å². The Morgan fingerprint density at radius 1 is 1.11 bits per heavy atom. The van der Waals surface area contributed by atoms with Gasteiger partial charge in [0, 0.05) is 6.26 Å². The number of hydrogen-bond acceptors (Lipinski definition) is 3. The molecule has 3 nitrogen and oxygen atoms in total. The van der Waals surface area contributed by atoms with E-state index in [-0.39, 0.29) is 5.75 Å². The van der Waals surface area contributed by atoms with Crippen LogP contribution >= 0.6 is 0 Å². The van der Waals surface area contributed by atoms with Crippen molar-refractivity contribution >= 4 is 9.84 Å². The molecule has 0 heterocycles. The SMILES string of the molecule is CCc1ccc(OCCCS(C)(=O)=O)cc1CC. The lowest BCUT2D eigenvalue weighted by molar-refractivity contribution is 0.317. The molecule has 0 N–H and O–H groups in total. The Morgan fingerprint density at radius 2 is 1.78 bits per heavy atom. The summed E-state index contributed by atoms with van der Waals surface area (Å²) in [5.74, 6) is 1.01. The molecule has 0 atom stereocenters. The molecule has 0 aromatic heterocycles. The van der Waals surface area contributed by atoms with E-state index in [0.717, 1.165) is 18.6 Å². The van der Waals surface area contributed by atoms with Crippen LogP contribution in [0.1, 0.15) is 31.4 Å².